The average molecular weight is 344 g/mol. The Morgan fingerprint density at radius 3 is 2.71 bits per heavy atom. The predicted octanol–water partition coefficient (Wildman–Crippen LogP) is 3.97. The molecule has 0 spiro atoms. The highest BCUT2D eigenvalue weighted by molar-refractivity contribution is 6.33. The van der Waals surface area contributed by atoms with E-state index in [-0.39, 0.29) is 17.1 Å². The maximum Gasteiger partial charge on any atom is 0.255 e. The van der Waals surface area contributed by atoms with E-state index in [9.17, 15) is 4.79 Å². The fraction of sp³-hybridized carbons (Fsp3) is 0.368. The van der Waals surface area contributed by atoms with Gasteiger partial charge < -0.3 is 10.6 Å². The topological polar surface area (TPSA) is 59.2 Å². The SMILES string of the molecule is CC1(C)CCN(C(=O)c2cnc(N)c(Cl)c2)CC1c1ccccc1. The monoisotopic (exact) mass is 343 g/mol. The number of nitrogens with zero attached hydrogens (tertiary/aromatic N) is 2. The molecular weight excluding hydrogens is 322 g/mol. The number of anilines is 1. The first-order chi connectivity index (χ1) is 11.4. The van der Waals surface area contributed by atoms with Crippen LogP contribution in [0.2, 0.25) is 5.02 Å². The van der Waals surface area contributed by atoms with Crippen LogP contribution in [0.3, 0.4) is 0 Å². The number of nitrogen functional groups attached to an aromatic ring is 1. The van der Waals surface area contributed by atoms with Gasteiger partial charge in [-0.1, -0.05) is 55.8 Å². The summed E-state index contributed by atoms with van der Waals surface area (Å²) in [6.07, 6.45) is 2.45. The summed E-state index contributed by atoms with van der Waals surface area (Å²) in [5.41, 5.74) is 7.54. The van der Waals surface area contributed by atoms with Crippen molar-refractivity contribution in [2.75, 3.05) is 18.8 Å². The largest absolute Gasteiger partial charge is 0.382 e. The van der Waals surface area contributed by atoms with Gasteiger partial charge in [0.15, 0.2) is 0 Å². The van der Waals surface area contributed by atoms with Crippen LogP contribution in [0.5, 0.6) is 0 Å². The third-order valence-electron chi connectivity index (χ3n) is 4.98. The van der Waals surface area contributed by atoms with E-state index in [1.165, 1.54) is 11.8 Å². The number of piperidine rings is 1. The molecule has 3 rings (SSSR count). The Balaban J connectivity index is 1.85. The van der Waals surface area contributed by atoms with Crippen molar-refractivity contribution >= 4 is 23.3 Å². The molecule has 1 unspecified atom stereocenters. The van der Waals surface area contributed by atoms with Gasteiger partial charge >= 0.3 is 0 Å². The van der Waals surface area contributed by atoms with Crippen molar-refractivity contribution in [2.45, 2.75) is 26.2 Å². The Hall–Kier alpha value is -2.07. The van der Waals surface area contributed by atoms with E-state index in [2.05, 4.69) is 43.1 Å². The van der Waals surface area contributed by atoms with Gasteiger partial charge in [0, 0.05) is 25.2 Å². The maximum atomic E-state index is 12.8. The minimum absolute atomic E-state index is 0.0409. The Kier molecular flexibility index (Phi) is 4.50. The predicted molar refractivity (Wildman–Crippen MR) is 97.1 cm³/mol. The van der Waals surface area contributed by atoms with E-state index < -0.39 is 0 Å². The molecule has 1 aromatic carbocycles. The smallest absolute Gasteiger partial charge is 0.255 e. The van der Waals surface area contributed by atoms with Crippen LogP contribution in [-0.2, 0) is 0 Å². The second-order valence-corrected chi connectivity index (χ2v) is 7.45. The Morgan fingerprint density at radius 1 is 1.33 bits per heavy atom. The van der Waals surface area contributed by atoms with Crippen LogP contribution >= 0.6 is 11.6 Å². The number of carbonyl (C=O) groups excluding carboxylic acids is 1. The zero-order valence-corrected chi connectivity index (χ0v) is 14.8. The number of aromatic nitrogens is 1. The van der Waals surface area contributed by atoms with Gasteiger partial charge in [0.05, 0.1) is 10.6 Å². The molecule has 2 heterocycles. The van der Waals surface area contributed by atoms with E-state index >= 15 is 0 Å². The molecule has 2 N–H and O–H groups in total. The second-order valence-electron chi connectivity index (χ2n) is 7.04. The molecule has 0 saturated carbocycles. The first-order valence-electron chi connectivity index (χ1n) is 8.14. The number of halogens is 1. The van der Waals surface area contributed by atoms with E-state index in [0.29, 0.717) is 23.0 Å². The van der Waals surface area contributed by atoms with Crippen molar-refractivity contribution in [3.05, 3.63) is 58.7 Å². The molecule has 1 aliphatic rings. The van der Waals surface area contributed by atoms with Crippen molar-refractivity contribution < 1.29 is 4.79 Å². The number of hydrogen-bond acceptors (Lipinski definition) is 3. The Bertz CT molecular complexity index is 746. The summed E-state index contributed by atoms with van der Waals surface area (Å²) in [6, 6.07) is 12.0. The molecule has 4 nitrogen and oxygen atoms in total. The molecule has 2 aromatic rings. The summed E-state index contributed by atoms with van der Waals surface area (Å²) in [6.45, 7) is 5.97. The van der Waals surface area contributed by atoms with Gasteiger partial charge in [-0.2, -0.15) is 0 Å². The van der Waals surface area contributed by atoms with Crippen LogP contribution in [0.15, 0.2) is 42.6 Å². The summed E-state index contributed by atoms with van der Waals surface area (Å²) in [5, 5.41) is 0.317. The standard InChI is InChI=1S/C19H22ClN3O/c1-19(2)8-9-23(12-15(19)13-6-4-3-5-7-13)18(24)14-10-16(20)17(21)22-11-14/h3-7,10-11,15H,8-9,12H2,1-2H3,(H2,21,22). The molecule has 0 bridgehead atoms. The van der Waals surface area contributed by atoms with E-state index in [1.54, 1.807) is 6.07 Å². The fourth-order valence-corrected chi connectivity index (χ4v) is 3.50. The van der Waals surface area contributed by atoms with Crippen molar-refractivity contribution in [2.24, 2.45) is 5.41 Å². The second kappa shape index (κ2) is 6.44. The lowest BCUT2D eigenvalue weighted by Gasteiger charge is -2.44. The molecule has 0 radical (unpaired) electrons. The number of amides is 1. The fourth-order valence-electron chi connectivity index (χ4n) is 3.33. The lowest BCUT2D eigenvalue weighted by atomic mass is 9.70. The van der Waals surface area contributed by atoms with Gasteiger partial charge in [0.25, 0.3) is 5.91 Å². The van der Waals surface area contributed by atoms with Gasteiger partial charge in [-0.25, -0.2) is 4.98 Å². The average Bonchev–Trinajstić information content (AvgIpc) is 2.57. The molecule has 0 aliphatic carbocycles. The number of pyridine rings is 1. The quantitative estimate of drug-likeness (QED) is 0.897. The van der Waals surface area contributed by atoms with Crippen LogP contribution in [0, 0.1) is 5.41 Å². The van der Waals surface area contributed by atoms with Crippen LogP contribution in [-0.4, -0.2) is 28.9 Å². The number of rotatable bonds is 2. The summed E-state index contributed by atoms with van der Waals surface area (Å²) in [7, 11) is 0. The summed E-state index contributed by atoms with van der Waals surface area (Å²) >= 11 is 6.01. The van der Waals surface area contributed by atoms with Gasteiger partial charge in [0.1, 0.15) is 5.82 Å². The highest BCUT2D eigenvalue weighted by Gasteiger charge is 2.38. The third kappa shape index (κ3) is 3.24. The minimum atomic E-state index is -0.0409. The van der Waals surface area contributed by atoms with Gasteiger partial charge in [-0.15, -0.1) is 0 Å². The number of benzene rings is 1. The summed E-state index contributed by atoms with van der Waals surface area (Å²) < 4.78 is 0. The van der Waals surface area contributed by atoms with Gasteiger partial charge in [0.2, 0.25) is 0 Å². The lowest BCUT2D eigenvalue weighted by molar-refractivity contribution is 0.0567. The molecular formula is C19H22ClN3O. The van der Waals surface area contributed by atoms with Crippen molar-refractivity contribution in [3.63, 3.8) is 0 Å². The number of nitrogens with two attached hydrogens (primary N) is 1. The first kappa shape index (κ1) is 16.8. The van der Waals surface area contributed by atoms with E-state index in [4.69, 9.17) is 17.3 Å². The van der Waals surface area contributed by atoms with Crippen LogP contribution in [0.4, 0.5) is 5.82 Å². The van der Waals surface area contributed by atoms with Crippen molar-refractivity contribution in [1.29, 1.82) is 0 Å². The normalized spacial score (nSPS) is 20.0. The molecule has 5 heteroatoms. The van der Waals surface area contributed by atoms with Crippen molar-refractivity contribution in [1.82, 2.24) is 9.88 Å². The zero-order valence-electron chi connectivity index (χ0n) is 14.0. The highest BCUT2D eigenvalue weighted by Crippen LogP contribution is 2.42. The number of hydrogen-bond donors (Lipinski definition) is 1. The summed E-state index contributed by atoms with van der Waals surface area (Å²) in [5.74, 6) is 0.504. The molecule has 1 aliphatic heterocycles. The van der Waals surface area contributed by atoms with Crippen molar-refractivity contribution in [3.8, 4) is 0 Å². The minimum Gasteiger partial charge on any atom is -0.382 e. The van der Waals surface area contributed by atoms with E-state index in [0.717, 1.165) is 13.0 Å². The van der Waals surface area contributed by atoms with E-state index in [1.807, 2.05) is 11.0 Å². The summed E-state index contributed by atoms with van der Waals surface area (Å²) in [4.78, 5) is 18.7. The van der Waals surface area contributed by atoms with Crippen LogP contribution in [0.1, 0.15) is 42.1 Å². The molecule has 126 valence electrons. The van der Waals surface area contributed by atoms with Gasteiger partial charge in [-0.05, 0) is 23.5 Å². The Labute approximate surface area is 147 Å². The zero-order chi connectivity index (χ0) is 17.3. The third-order valence-corrected chi connectivity index (χ3v) is 5.28. The van der Waals surface area contributed by atoms with Crippen LogP contribution < -0.4 is 5.73 Å². The first-order valence-corrected chi connectivity index (χ1v) is 8.51. The van der Waals surface area contributed by atoms with Crippen LogP contribution in [0.25, 0.3) is 0 Å². The molecule has 1 fully saturated rings. The number of likely N-dealkylation sites (tertiary alicyclic amines) is 1. The lowest BCUT2D eigenvalue weighted by Crippen LogP contribution is -2.46. The molecule has 1 saturated heterocycles. The molecule has 1 aromatic heterocycles. The molecule has 1 amide bonds. The maximum absolute atomic E-state index is 12.8. The van der Waals surface area contributed by atoms with Gasteiger partial charge in [-0.3, -0.25) is 4.79 Å². The Morgan fingerprint density at radius 2 is 2.04 bits per heavy atom. The number of carbonyl (C=O) groups is 1. The molecule has 24 heavy (non-hydrogen) atoms. The molecule has 1 atom stereocenters. The highest BCUT2D eigenvalue weighted by atomic mass is 35.5.